The second-order valence-corrected chi connectivity index (χ2v) is 5.13. The maximum atomic E-state index is 2.46. The average Bonchev–Trinajstić information content (AvgIpc) is 2.06. The molecule has 0 aliphatic heterocycles. The van der Waals surface area contributed by atoms with E-state index < -0.39 is 0 Å². The molecule has 0 aromatic carbocycles. The lowest BCUT2D eigenvalue weighted by molar-refractivity contribution is 0.214. The van der Waals surface area contributed by atoms with Gasteiger partial charge in [-0.15, -0.1) is 0 Å². The zero-order chi connectivity index (χ0) is 9.68. The van der Waals surface area contributed by atoms with E-state index >= 15 is 0 Å². The molecule has 13 heavy (non-hydrogen) atoms. The second kappa shape index (κ2) is 5.67. The van der Waals surface area contributed by atoms with Gasteiger partial charge in [0.1, 0.15) is 0 Å². The summed E-state index contributed by atoms with van der Waals surface area (Å²) in [7, 11) is 0. The van der Waals surface area contributed by atoms with Gasteiger partial charge in [0.05, 0.1) is 0 Å². The first kappa shape index (κ1) is 11.1. The smallest absolute Gasteiger partial charge is 0.0412 e. The van der Waals surface area contributed by atoms with Gasteiger partial charge in [-0.1, -0.05) is 59.3 Å². The molecular formula is C13H26. The summed E-state index contributed by atoms with van der Waals surface area (Å²) in [4.78, 5) is 0. The molecule has 0 bridgehead atoms. The van der Waals surface area contributed by atoms with Crippen molar-refractivity contribution in [1.29, 1.82) is 0 Å². The molecule has 0 nitrogen and oxygen atoms in total. The Hall–Kier alpha value is 0. The van der Waals surface area contributed by atoms with Gasteiger partial charge in [-0.05, 0) is 24.2 Å². The molecule has 0 heterocycles. The van der Waals surface area contributed by atoms with E-state index in [0.29, 0.717) is 0 Å². The zero-order valence-electron chi connectivity index (χ0n) is 9.68. The summed E-state index contributed by atoms with van der Waals surface area (Å²) in [6.45, 7) is 7.20. The van der Waals surface area contributed by atoms with Crippen LogP contribution in [0.4, 0.5) is 0 Å². The molecule has 0 heteroatoms. The first-order valence-corrected chi connectivity index (χ1v) is 6.24. The fraction of sp³-hybridized carbons (Fsp3) is 1.00. The summed E-state index contributed by atoms with van der Waals surface area (Å²) < 4.78 is 0. The van der Waals surface area contributed by atoms with E-state index in [4.69, 9.17) is 0 Å². The van der Waals surface area contributed by atoms with Crippen molar-refractivity contribution in [1.82, 2.24) is 0 Å². The summed E-state index contributed by atoms with van der Waals surface area (Å²) in [5.41, 5.74) is 0. The van der Waals surface area contributed by atoms with Crippen molar-refractivity contribution < 1.29 is 0 Å². The Kier molecular flexibility index (Phi) is 4.83. The second-order valence-electron chi connectivity index (χ2n) is 5.13. The summed E-state index contributed by atoms with van der Waals surface area (Å²) in [5, 5.41) is 0. The van der Waals surface area contributed by atoms with Crippen LogP contribution in [0.1, 0.15) is 65.7 Å². The minimum atomic E-state index is 0.959. The predicted molar refractivity (Wildman–Crippen MR) is 59.8 cm³/mol. The van der Waals surface area contributed by atoms with Gasteiger partial charge in [-0.25, -0.2) is 0 Å². The SMILES string of the molecule is CCCCC(C)C(C)CC1CCC1. The normalized spacial score (nSPS) is 22.4. The maximum absolute atomic E-state index is 2.46. The molecule has 1 fully saturated rings. The van der Waals surface area contributed by atoms with Crippen molar-refractivity contribution in [2.45, 2.75) is 65.7 Å². The van der Waals surface area contributed by atoms with Crippen LogP contribution in [-0.2, 0) is 0 Å². The van der Waals surface area contributed by atoms with Crippen LogP contribution in [0.5, 0.6) is 0 Å². The van der Waals surface area contributed by atoms with Gasteiger partial charge in [0.25, 0.3) is 0 Å². The average molecular weight is 182 g/mol. The highest BCUT2D eigenvalue weighted by Crippen LogP contribution is 2.35. The molecule has 0 amide bonds. The molecule has 1 aliphatic carbocycles. The maximum Gasteiger partial charge on any atom is -0.0412 e. The Bertz CT molecular complexity index is 124. The monoisotopic (exact) mass is 182 g/mol. The molecule has 0 radical (unpaired) electrons. The number of hydrogen-bond acceptors (Lipinski definition) is 0. The molecule has 1 rings (SSSR count). The van der Waals surface area contributed by atoms with Crippen LogP contribution < -0.4 is 0 Å². The molecule has 1 aliphatic rings. The van der Waals surface area contributed by atoms with E-state index in [2.05, 4.69) is 20.8 Å². The van der Waals surface area contributed by atoms with Gasteiger partial charge in [-0.3, -0.25) is 0 Å². The Morgan fingerprint density at radius 1 is 1.15 bits per heavy atom. The van der Waals surface area contributed by atoms with E-state index in [1.54, 1.807) is 0 Å². The van der Waals surface area contributed by atoms with Crippen LogP contribution in [0, 0.1) is 17.8 Å². The number of hydrogen-bond donors (Lipinski definition) is 0. The summed E-state index contributed by atoms with van der Waals surface area (Å²) in [5.74, 6) is 3.02. The van der Waals surface area contributed by atoms with E-state index in [0.717, 1.165) is 17.8 Å². The van der Waals surface area contributed by atoms with E-state index in [1.165, 1.54) is 44.9 Å². The molecule has 0 saturated heterocycles. The van der Waals surface area contributed by atoms with Crippen LogP contribution in [-0.4, -0.2) is 0 Å². The third-order valence-corrected chi connectivity index (χ3v) is 3.91. The van der Waals surface area contributed by atoms with Gasteiger partial charge in [-0.2, -0.15) is 0 Å². The Morgan fingerprint density at radius 3 is 2.31 bits per heavy atom. The Labute approximate surface area is 84.1 Å². The first-order chi connectivity index (χ1) is 6.24. The minimum Gasteiger partial charge on any atom is -0.0654 e. The van der Waals surface area contributed by atoms with Crippen molar-refractivity contribution in [2.24, 2.45) is 17.8 Å². The molecule has 0 aromatic heterocycles. The molecule has 0 N–H and O–H groups in total. The minimum absolute atomic E-state index is 0.959. The Balaban J connectivity index is 2.09. The van der Waals surface area contributed by atoms with Gasteiger partial charge in [0, 0.05) is 0 Å². The van der Waals surface area contributed by atoms with Crippen LogP contribution >= 0.6 is 0 Å². The standard InChI is InChI=1S/C13H26/c1-4-5-7-11(2)12(3)10-13-8-6-9-13/h11-13H,4-10H2,1-3H3. The molecule has 1 saturated carbocycles. The third kappa shape index (κ3) is 3.70. The Morgan fingerprint density at radius 2 is 1.85 bits per heavy atom. The molecule has 0 aromatic rings. The third-order valence-electron chi connectivity index (χ3n) is 3.91. The largest absolute Gasteiger partial charge is 0.0654 e. The van der Waals surface area contributed by atoms with Crippen molar-refractivity contribution in [2.75, 3.05) is 0 Å². The van der Waals surface area contributed by atoms with Crippen LogP contribution in [0.15, 0.2) is 0 Å². The van der Waals surface area contributed by atoms with Crippen molar-refractivity contribution >= 4 is 0 Å². The summed E-state index contributed by atoms with van der Waals surface area (Å²) >= 11 is 0. The lowest BCUT2D eigenvalue weighted by Crippen LogP contribution is -2.18. The van der Waals surface area contributed by atoms with Crippen molar-refractivity contribution in [3.63, 3.8) is 0 Å². The molecule has 2 unspecified atom stereocenters. The van der Waals surface area contributed by atoms with Gasteiger partial charge in [0.2, 0.25) is 0 Å². The van der Waals surface area contributed by atoms with Crippen molar-refractivity contribution in [3.8, 4) is 0 Å². The van der Waals surface area contributed by atoms with Gasteiger partial charge >= 0.3 is 0 Å². The molecular weight excluding hydrogens is 156 g/mol. The summed E-state index contributed by atoms with van der Waals surface area (Å²) in [6.07, 6.45) is 10.3. The van der Waals surface area contributed by atoms with Crippen LogP contribution in [0.25, 0.3) is 0 Å². The van der Waals surface area contributed by atoms with Crippen molar-refractivity contribution in [3.05, 3.63) is 0 Å². The van der Waals surface area contributed by atoms with Gasteiger partial charge < -0.3 is 0 Å². The highest BCUT2D eigenvalue weighted by atomic mass is 14.3. The van der Waals surface area contributed by atoms with Crippen LogP contribution in [0.2, 0.25) is 0 Å². The predicted octanol–water partition coefficient (Wildman–Crippen LogP) is 4.64. The highest BCUT2D eigenvalue weighted by Gasteiger charge is 2.22. The first-order valence-electron chi connectivity index (χ1n) is 6.24. The van der Waals surface area contributed by atoms with E-state index in [1.807, 2.05) is 0 Å². The summed E-state index contributed by atoms with van der Waals surface area (Å²) in [6, 6.07) is 0. The van der Waals surface area contributed by atoms with E-state index in [9.17, 15) is 0 Å². The zero-order valence-corrected chi connectivity index (χ0v) is 9.68. The highest BCUT2D eigenvalue weighted by molar-refractivity contribution is 4.74. The van der Waals surface area contributed by atoms with Crippen LogP contribution in [0.3, 0.4) is 0 Å². The molecule has 2 atom stereocenters. The lowest BCUT2D eigenvalue weighted by atomic mass is 9.75. The fourth-order valence-electron chi connectivity index (χ4n) is 2.30. The molecule has 0 spiro atoms. The quantitative estimate of drug-likeness (QED) is 0.561. The lowest BCUT2D eigenvalue weighted by Gasteiger charge is -2.30. The fourth-order valence-corrected chi connectivity index (χ4v) is 2.30. The van der Waals surface area contributed by atoms with Gasteiger partial charge in [0.15, 0.2) is 0 Å². The number of rotatable bonds is 6. The topological polar surface area (TPSA) is 0 Å². The number of unbranched alkanes of at least 4 members (excludes halogenated alkanes) is 1. The molecule has 78 valence electrons. The van der Waals surface area contributed by atoms with E-state index in [-0.39, 0.29) is 0 Å².